The van der Waals surface area contributed by atoms with Crippen LogP contribution in [0.2, 0.25) is 5.02 Å². The normalized spacial score (nSPS) is 12.5. The average Bonchev–Trinajstić information content (AvgIpc) is 2.09. The summed E-state index contributed by atoms with van der Waals surface area (Å²) in [7, 11) is 1.67. The lowest BCUT2D eigenvalue weighted by molar-refractivity contribution is 0.190. The first kappa shape index (κ1) is 10.3. The first-order valence-corrected chi connectivity index (χ1v) is 4.47. The lowest BCUT2D eigenvalue weighted by Gasteiger charge is -2.14. The molecule has 0 aliphatic rings. The van der Waals surface area contributed by atoms with Crippen molar-refractivity contribution in [1.29, 1.82) is 0 Å². The number of ether oxygens (including phenoxy) is 1. The highest BCUT2D eigenvalue weighted by atomic mass is 35.5. The Balaban J connectivity index is 2.58. The van der Waals surface area contributed by atoms with Crippen molar-refractivity contribution in [2.75, 3.05) is 19.0 Å². The van der Waals surface area contributed by atoms with Crippen LogP contribution >= 0.6 is 11.6 Å². The number of anilines is 1. The molecule has 0 radical (unpaired) electrons. The SMILES string of the molecule is COCC(C)Nc1cnccc1Cl. The van der Waals surface area contributed by atoms with E-state index in [4.69, 9.17) is 16.3 Å². The third kappa shape index (κ3) is 3.20. The van der Waals surface area contributed by atoms with Gasteiger partial charge in [-0.2, -0.15) is 0 Å². The molecule has 0 saturated carbocycles. The summed E-state index contributed by atoms with van der Waals surface area (Å²) in [5, 5.41) is 3.87. The van der Waals surface area contributed by atoms with Crippen LogP contribution in [0.4, 0.5) is 5.69 Å². The van der Waals surface area contributed by atoms with Gasteiger partial charge in [0.15, 0.2) is 0 Å². The van der Waals surface area contributed by atoms with Crippen LogP contribution in [-0.2, 0) is 4.74 Å². The van der Waals surface area contributed by atoms with Gasteiger partial charge in [-0.15, -0.1) is 0 Å². The lowest BCUT2D eigenvalue weighted by atomic mass is 10.3. The van der Waals surface area contributed by atoms with E-state index in [0.717, 1.165) is 5.69 Å². The molecule has 1 atom stereocenters. The fourth-order valence-electron chi connectivity index (χ4n) is 1.04. The molecule has 0 amide bonds. The van der Waals surface area contributed by atoms with Gasteiger partial charge in [0, 0.05) is 19.3 Å². The molecule has 1 aromatic heterocycles. The van der Waals surface area contributed by atoms with E-state index in [0.29, 0.717) is 11.6 Å². The van der Waals surface area contributed by atoms with E-state index < -0.39 is 0 Å². The third-order valence-corrected chi connectivity index (χ3v) is 1.92. The molecule has 0 fully saturated rings. The molecule has 13 heavy (non-hydrogen) atoms. The molecule has 0 saturated heterocycles. The number of halogens is 1. The Kier molecular flexibility index (Phi) is 3.99. The predicted octanol–water partition coefficient (Wildman–Crippen LogP) is 2.18. The topological polar surface area (TPSA) is 34.1 Å². The Morgan fingerprint density at radius 3 is 3.08 bits per heavy atom. The molecule has 0 aliphatic heterocycles. The van der Waals surface area contributed by atoms with Crippen LogP contribution in [0.1, 0.15) is 6.92 Å². The quantitative estimate of drug-likeness (QED) is 0.809. The van der Waals surface area contributed by atoms with Crippen LogP contribution in [0.25, 0.3) is 0 Å². The van der Waals surface area contributed by atoms with Crippen molar-refractivity contribution < 1.29 is 4.74 Å². The van der Waals surface area contributed by atoms with E-state index in [1.165, 1.54) is 0 Å². The molecule has 0 spiro atoms. The van der Waals surface area contributed by atoms with Gasteiger partial charge in [0.05, 0.1) is 23.5 Å². The highest BCUT2D eigenvalue weighted by Gasteiger charge is 2.03. The Hall–Kier alpha value is -0.800. The minimum Gasteiger partial charge on any atom is -0.383 e. The molecule has 1 aromatic rings. The monoisotopic (exact) mass is 200 g/mol. The van der Waals surface area contributed by atoms with E-state index in [9.17, 15) is 0 Å². The number of methoxy groups -OCH3 is 1. The summed E-state index contributed by atoms with van der Waals surface area (Å²) in [6, 6.07) is 1.98. The van der Waals surface area contributed by atoms with Crippen molar-refractivity contribution in [3.63, 3.8) is 0 Å². The van der Waals surface area contributed by atoms with Crippen LogP contribution in [0.5, 0.6) is 0 Å². The van der Waals surface area contributed by atoms with Gasteiger partial charge in [-0.3, -0.25) is 4.98 Å². The molecular weight excluding hydrogens is 188 g/mol. The van der Waals surface area contributed by atoms with Gasteiger partial charge in [0.2, 0.25) is 0 Å². The highest BCUT2D eigenvalue weighted by Crippen LogP contribution is 2.19. The summed E-state index contributed by atoms with van der Waals surface area (Å²) in [6.45, 7) is 2.66. The van der Waals surface area contributed by atoms with Gasteiger partial charge >= 0.3 is 0 Å². The smallest absolute Gasteiger partial charge is 0.0718 e. The summed E-state index contributed by atoms with van der Waals surface area (Å²) in [4.78, 5) is 3.97. The molecule has 0 bridgehead atoms. The Labute approximate surface area is 83.1 Å². The van der Waals surface area contributed by atoms with Crippen LogP contribution in [0, 0.1) is 0 Å². The number of pyridine rings is 1. The first-order valence-electron chi connectivity index (χ1n) is 4.09. The van der Waals surface area contributed by atoms with Crippen molar-refractivity contribution in [2.45, 2.75) is 13.0 Å². The van der Waals surface area contributed by atoms with E-state index in [1.54, 1.807) is 25.6 Å². The third-order valence-electron chi connectivity index (χ3n) is 1.59. The first-order chi connectivity index (χ1) is 6.24. The van der Waals surface area contributed by atoms with Gasteiger partial charge in [-0.25, -0.2) is 0 Å². The number of nitrogens with zero attached hydrogens (tertiary/aromatic N) is 1. The fraction of sp³-hybridized carbons (Fsp3) is 0.444. The van der Waals surface area contributed by atoms with Crippen molar-refractivity contribution in [3.8, 4) is 0 Å². The second kappa shape index (κ2) is 5.04. The van der Waals surface area contributed by atoms with Crippen molar-refractivity contribution in [3.05, 3.63) is 23.5 Å². The van der Waals surface area contributed by atoms with Crippen molar-refractivity contribution in [1.82, 2.24) is 4.98 Å². The molecule has 1 unspecified atom stereocenters. The van der Waals surface area contributed by atoms with Gasteiger partial charge in [-0.05, 0) is 13.0 Å². The minimum absolute atomic E-state index is 0.228. The number of nitrogens with one attached hydrogen (secondary N) is 1. The average molecular weight is 201 g/mol. The maximum absolute atomic E-state index is 5.93. The van der Waals surface area contributed by atoms with Crippen molar-refractivity contribution in [2.24, 2.45) is 0 Å². The maximum atomic E-state index is 5.93. The largest absolute Gasteiger partial charge is 0.383 e. The van der Waals surface area contributed by atoms with E-state index in [2.05, 4.69) is 10.3 Å². The number of aromatic nitrogens is 1. The van der Waals surface area contributed by atoms with Crippen LogP contribution < -0.4 is 5.32 Å². The molecule has 0 aromatic carbocycles. The zero-order valence-corrected chi connectivity index (χ0v) is 8.51. The Bertz CT molecular complexity index is 268. The molecule has 1 rings (SSSR count). The fourth-order valence-corrected chi connectivity index (χ4v) is 1.20. The summed E-state index contributed by atoms with van der Waals surface area (Å²) in [5.41, 5.74) is 0.841. The molecular formula is C9H13ClN2O. The number of hydrogen-bond acceptors (Lipinski definition) is 3. The van der Waals surface area contributed by atoms with Crippen LogP contribution in [0.15, 0.2) is 18.5 Å². The van der Waals surface area contributed by atoms with Gasteiger partial charge < -0.3 is 10.1 Å². The molecule has 0 aliphatic carbocycles. The summed E-state index contributed by atoms with van der Waals surface area (Å²) >= 11 is 5.93. The summed E-state index contributed by atoms with van der Waals surface area (Å²) < 4.78 is 4.99. The standard InChI is InChI=1S/C9H13ClN2O/c1-7(6-13-2)12-9-5-11-4-3-8(9)10/h3-5,7,12H,6H2,1-2H3. The lowest BCUT2D eigenvalue weighted by Crippen LogP contribution is -2.20. The second-order valence-corrected chi connectivity index (χ2v) is 3.26. The van der Waals surface area contributed by atoms with E-state index in [-0.39, 0.29) is 6.04 Å². The second-order valence-electron chi connectivity index (χ2n) is 2.86. The molecule has 3 nitrogen and oxygen atoms in total. The zero-order chi connectivity index (χ0) is 9.68. The molecule has 4 heteroatoms. The Morgan fingerprint density at radius 1 is 1.69 bits per heavy atom. The van der Waals surface area contributed by atoms with E-state index in [1.807, 2.05) is 6.92 Å². The number of hydrogen-bond donors (Lipinski definition) is 1. The van der Waals surface area contributed by atoms with Gasteiger partial charge in [0.25, 0.3) is 0 Å². The van der Waals surface area contributed by atoms with Gasteiger partial charge in [-0.1, -0.05) is 11.6 Å². The summed E-state index contributed by atoms with van der Waals surface area (Å²) in [5.74, 6) is 0. The van der Waals surface area contributed by atoms with Crippen LogP contribution in [-0.4, -0.2) is 24.7 Å². The predicted molar refractivity (Wildman–Crippen MR) is 54.2 cm³/mol. The van der Waals surface area contributed by atoms with Crippen LogP contribution in [0.3, 0.4) is 0 Å². The highest BCUT2D eigenvalue weighted by molar-refractivity contribution is 6.33. The summed E-state index contributed by atoms with van der Waals surface area (Å²) in [6.07, 6.45) is 3.36. The maximum Gasteiger partial charge on any atom is 0.0718 e. The zero-order valence-electron chi connectivity index (χ0n) is 7.75. The van der Waals surface area contributed by atoms with Crippen molar-refractivity contribution >= 4 is 17.3 Å². The minimum atomic E-state index is 0.228. The number of rotatable bonds is 4. The van der Waals surface area contributed by atoms with Gasteiger partial charge in [0.1, 0.15) is 0 Å². The molecule has 72 valence electrons. The molecule has 1 heterocycles. The Morgan fingerprint density at radius 2 is 2.46 bits per heavy atom. The molecule has 1 N–H and O–H groups in total. The van der Waals surface area contributed by atoms with E-state index >= 15 is 0 Å².